The third kappa shape index (κ3) is 4.25. The molecule has 2 N–H and O–H groups in total. The van der Waals surface area contributed by atoms with Crippen LogP contribution in [0.3, 0.4) is 0 Å². The summed E-state index contributed by atoms with van der Waals surface area (Å²) in [5.74, 6) is 0.172. The van der Waals surface area contributed by atoms with E-state index in [4.69, 9.17) is 0 Å². The molecule has 0 heterocycles. The molecule has 0 amide bonds. The lowest BCUT2D eigenvalue weighted by Crippen LogP contribution is -2.42. The Morgan fingerprint density at radius 3 is 2.56 bits per heavy atom. The lowest BCUT2D eigenvalue weighted by atomic mass is 9.85. The van der Waals surface area contributed by atoms with Gasteiger partial charge in [0.2, 0.25) is 0 Å². The molecule has 0 bridgehead atoms. The SMILES string of the molecule is CCN(CCC(NC1CC1)C(=O)O)CC1CCC1. The monoisotopic (exact) mass is 254 g/mol. The van der Waals surface area contributed by atoms with Crippen molar-refractivity contribution in [1.82, 2.24) is 10.2 Å². The topological polar surface area (TPSA) is 52.6 Å². The van der Waals surface area contributed by atoms with Crippen molar-refractivity contribution >= 4 is 5.97 Å². The second-order valence-corrected chi connectivity index (χ2v) is 5.81. The molecule has 0 aromatic rings. The van der Waals surface area contributed by atoms with Crippen LogP contribution in [0.4, 0.5) is 0 Å². The highest BCUT2D eigenvalue weighted by atomic mass is 16.4. The summed E-state index contributed by atoms with van der Waals surface area (Å²) in [6.45, 7) is 5.27. The molecule has 104 valence electrons. The standard InChI is InChI=1S/C14H26N2O2/c1-2-16(10-11-4-3-5-11)9-8-13(14(17)18)15-12-6-7-12/h11-13,15H,2-10H2,1H3,(H,17,18). The fourth-order valence-corrected chi connectivity index (χ4v) is 2.54. The summed E-state index contributed by atoms with van der Waals surface area (Å²) in [7, 11) is 0. The zero-order chi connectivity index (χ0) is 13.0. The molecule has 0 aliphatic heterocycles. The Labute approximate surface area is 110 Å². The number of nitrogens with one attached hydrogen (secondary N) is 1. The molecule has 0 aromatic heterocycles. The highest BCUT2D eigenvalue weighted by Gasteiger charge is 2.28. The van der Waals surface area contributed by atoms with Gasteiger partial charge in [-0.05, 0) is 44.6 Å². The summed E-state index contributed by atoms with van der Waals surface area (Å²) >= 11 is 0. The number of rotatable bonds is 9. The molecular weight excluding hydrogens is 228 g/mol. The first kappa shape index (κ1) is 13.8. The second-order valence-electron chi connectivity index (χ2n) is 5.81. The number of aliphatic carboxylic acids is 1. The number of nitrogens with zero attached hydrogens (tertiary/aromatic N) is 1. The van der Waals surface area contributed by atoms with Gasteiger partial charge in [0.1, 0.15) is 6.04 Å². The maximum atomic E-state index is 11.2. The minimum Gasteiger partial charge on any atom is -0.480 e. The Hall–Kier alpha value is -0.610. The zero-order valence-corrected chi connectivity index (χ0v) is 11.4. The van der Waals surface area contributed by atoms with Crippen molar-refractivity contribution < 1.29 is 9.90 Å². The van der Waals surface area contributed by atoms with Crippen LogP contribution in [0.1, 0.15) is 45.4 Å². The third-order valence-corrected chi connectivity index (χ3v) is 4.23. The number of carbonyl (C=O) groups is 1. The van der Waals surface area contributed by atoms with Gasteiger partial charge in [-0.2, -0.15) is 0 Å². The smallest absolute Gasteiger partial charge is 0.320 e. The van der Waals surface area contributed by atoms with Gasteiger partial charge in [0.05, 0.1) is 0 Å². The number of hydrogen-bond donors (Lipinski definition) is 2. The van der Waals surface area contributed by atoms with E-state index in [1.807, 2.05) is 0 Å². The fraction of sp³-hybridized carbons (Fsp3) is 0.929. The number of carboxylic acid groups (broad SMARTS) is 1. The molecule has 2 saturated carbocycles. The van der Waals surface area contributed by atoms with E-state index in [2.05, 4.69) is 17.1 Å². The van der Waals surface area contributed by atoms with E-state index in [1.54, 1.807) is 0 Å². The molecule has 1 atom stereocenters. The van der Waals surface area contributed by atoms with Crippen molar-refractivity contribution in [2.75, 3.05) is 19.6 Å². The van der Waals surface area contributed by atoms with Crippen LogP contribution >= 0.6 is 0 Å². The molecule has 2 fully saturated rings. The van der Waals surface area contributed by atoms with Crippen molar-refractivity contribution in [2.45, 2.75) is 57.5 Å². The van der Waals surface area contributed by atoms with Crippen LogP contribution in [-0.4, -0.2) is 47.7 Å². The van der Waals surface area contributed by atoms with Gasteiger partial charge in [-0.15, -0.1) is 0 Å². The summed E-state index contributed by atoms with van der Waals surface area (Å²) < 4.78 is 0. The molecule has 0 aromatic carbocycles. The average molecular weight is 254 g/mol. The maximum Gasteiger partial charge on any atom is 0.320 e. The summed E-state index contributed by atoms with van der Waals surface area (Å²) in [4.78, 5) is 13.6. The summed E-state index contributed by atoms with van der Waals surface area (Å²) in [6.07, 6.45) is 7.11. The minimum absolute atomic E-state index is 0.354. The highest BCUT2D eigenvalue weighted by molar-refractivity contribution is 5.73. The predicted octanol–water partition coefficient (Wildman–Crippen LogP) is 1.70. The minimum atomic E-state index is -0.693. The molecule has 2 aliphatic rings. The molecule has 2 rings (SSSR count). The molecule has 0 radical (unpaired) electrons. The lowest BCUT2D eigenvalue weighted by molar-refractivity contribution is -0.139. The van der Waals surface area contributed by atoms with Gasteiger partial charge < -0.3 is 15.3 Å². The first-order chi connectivity index (χ1) is 8.69. The number of hydrogen-bond acceptors (Lipinski definition) is 3. The lowest BCUT2D eigenvalue weighted by Gasteiger charge is -2.32. The van der Waals surface area contributed by atoms with Crippen molar-refractivity contribution in [2.24, 2.45) is 5.92 Å². The fourth-order valence-electron chi connectivity index (χ4n) is 2.54. The van der Waals surface area contributed by atoms with Crippen LogP contribution < -0.4 is 5.32 Å². The third-order valence-electron chi connectivity index (χ3n) is 4.23. The van der Waals surface area contributed by atoms with E-state index in [-0.39, 0.29) is 6.04 Å². The van der Waals surface area contributed by atoms with E-state index >= 15 is 0 Å². The molecule has 4 nitrogen and oxygen atoms in total. The molecule has 1 unspecified atom stereocenters. The normalized spacial score (nSPS) is 21.9. The van der Waals surface area contributed by atoms with Gasteiger partial charge in [-0.25, -0.2) is 0 Å². The Balaban J connectivity index is 1.69. The van der Waals surface area contributed by atoms with Crippen LogP contribution in [0, 0.1) is 5.92 Å². The Morgan fingerprint density at radius 1 is 1.39 bits per heavy atom. The van der Waals surface area contributed by atoms with E-state index in [9.17, 15) is 9.90 Å². The maximum absolute atomic E-state index is 11.2. The average Bonchev–Trinajstić information content (AvgIpc) is 3.08. The van der Waals surface area contributed by atoms with Crippen LogP contribution in [0.15, 0.2) is 0 Å². The van der Waals surface area contributed by atoms with Gasteiger partial charge in [-0.1, -0.05) is 13.3 Å². The molecular formula is C14H26N2O2. The van der Waals surface area contributed by atoms with Crippen LogP contribution in [0.25, 0.3) is 0 Å². The summed E-state index contributed by atoms with van der Waals surface area (Å²) in [5, 5.41) is 12.4. The summed E-state index contributed by atoms with van der Waals surface area (Å²) in [6, 6.07) is 0.112. The van der Waals surface area contributed by atoms with Gasteiger partial charge in [0, 0.05) is 19.1 Å². The van der Waals surface area contributed by atoms with Gasteiger partial charge >= 0.3 is 5.97 Å². The summed E-state index contributed by atoms with van der Waals surface area (Å²) in [5.41, 5.74) is 0. The van der Waals surface area contributed by atoms with Crippen LogP contribution in [0.2, 0.25) is 0 Å². The van der Waals surface area contributed by atoms with E-state index in [0.717, 1.165) is 44.8 Å². The largest absolute Gasteiger partial charge is 0.480 e. The molecule has 2 aliphatic carbocycles. The molecule has 4 heteroatoms. The predicted molar refractivity (Wildman–Crippen MR) is 71.7 cm³/mol. The Morgan fingerprint density at radius 2 is 2.11 bits per heavy atom. The van der Waals surface area contributed by atoms with Crippen molar-refractivity contribution in [3.05, 3.63) is 0 Å². The molecule has 0 spiro atoms. The van der Waals surface area contributed by atoms with Crippen LogP contribution in [-0.2, 0) is 4.79 Å². The Kier molecular flexibility index (Phi) is 5.01. The highest BCUT2D eigenvalue weighted by Crippen LogP contribution is 2.27. The zero-order valence-electron chi connectivity index (χ0n) is 11.4. The first-order valence-corrected chi connectivity index (χ1v) is 7.40. The van der Waals surface area contributed by atoms with E-state index < -0.39 is 5.97 Å². The number of carboxylic acids is 1. The van der Waals surface area contributed by atoms with Gasteiger partial charge in [-0.3, -0.25) is 4.79 Å². The van der Waals surface area contributed by atoms with Crippen LogP contribution in [0.5, 0.6) is 0 Å². The molecule has 18 heavy (non-hydrogen) atoms. The van der Waals surface area contributed by atoms with Crippen molar-refractivity contribution in [3.63, 3.8) is 0 Å². The quantitative estimate of drug-likeness (QED) is 0.657. The Bertz CT molecular complexity index is 275. The van der Waals surface area contributed by atoms with Gasteiger partial charge in [0.15, 0.2) is 0 Å². The van der Waals surface area contributed by atoms with Gasteiger partial charge in [0.25, 0.3) is 0 Å². The van der Waals surface area contributed by atoms with E-state index in [1.165, 1.54) is 19.3 Å². The van der Waals surface area contributed by atoms with Crippen molar-refractivity contribution in [3.8, 4) is 0 Å². The molecule has 0 saturated heterocycles. The first-order valence-electron chi connectivity index (χ1n) is 7.40. The van der Waals surface area contributed by atoms with E-state index in [0.29, 0.717) is 6.04 Å². The van der Waals surface area contributed by atoms with Crippen molar-refractivity contribution in [1.29, 1.82) is 0 Å². The second kappa shape index (κ2) is 6.53.